The summed E-state index contributed by atoms with van der Waals surface area (Å²) < 4.78 is 2.74. The molecule has 66 heavy (non-hydrogen) atoms. The molecule has 0 saturated heterocycles. The van der Waals surface area contributed by atoms with E-state index in [4.69, 9.17) is 0 Å². The zero-order valence-corrected chi connectivity index (χ0v) is 41.9. The van der Waals surface area contributed by atoms with Crippen molar-refractivity contribution in [3.63, 3.8) is 0 Å². The Morgan fingerprint density at radius 3 is 1.21 bits per heavy atom. The fourth-order valence-corrected chi connectivity index (χ4v) is 8.03. The number of anilines is 5. The van der Waals surface area contributed by atoms with Crippen molar-refractivity contribution in [2.24, 2.45) is 5.92 Å². The fourth-order valence-electron chi connectivity index (χ4n) is 8.03. The molecule has 0 radical (unpaired) electrons. The fraction of sp³-hybridized carbons (Fsp3) is 0.194. The lowest BCUT2D eigenvalue weighted by molar-refractivity contribution is 0.719. The third kappa shape index (κ3) is 13.1. The van der Waals surface area contributed by atoms with E-state index in [2.05, 4.69) is 272 Å². The van der Waals surface area contributed by atoms with Crippen LogP contribution in [0.3, 0.4) is 0 Å². The van der Waals surface area contributed by atoms with Crippen LogP contribution in [0, 0.1) is 33.6 Å². The predicted molar refractivity (Wildman–Crippen MR) is 294 cm³/mol. The van der Waals surface area contributed by atoms with Gasteiger partial charge in [0.15, 0.2) is 0 Å². The standard InChI is InChI=1S/C58H54N2.C2H6BrN.C2H6/c1-41-7-13-47(14-8-41)17-19-49-21-29-53(30-22-49)59(57-37-11-43(3)39-45(57)5)55-33-25-51(26-34-55)52-27-35-56(36-28-52)60(58-38-12-44(4)40-46(58)6)54-31-23-50(24-32-54)20-18-48-15-9-42(2)10-16-48;1-2-4-3;1-2/h7-11,13-40,44H,12H2,1-6H3;4H,2H2,1H3;1-2H3/b19-17+,20-18+;;. The summed E-state index contributed by atoms with van der Waals surface area (Å²) >= 11 is 3.00. The zero-order chi connectivity index (χ0) is 47.0. The van der Waals surface area contributed by atoms with E-state index in [0.29, 0.717) is 5.92 Å². The maximum atomic E-state index is 3.00. The average molecular weight is 933 g/mol. The van der Waals surface area contributed by atoms with Crippen molar-refractivity contribution in [1.82, 2.24) is 4.34 Å². The van der Waals surface area contributed by atoms with Gasteiger partial charge in [-0.1, -0.05) is 190 Å². The number of allylic oxidation sites excluding steroid dienone is 3. The number of nitrogens with one attached hydrogen (secondary N) is 1. The molecule has 0 amide bonds. The first-order valence-corrected chi connectivity index (χ1v) is 24.2. The van der Waals surface area contributed by atoms with Crippen LogP contribution in [-0.2, 0) is 0 Å². The van der Waals surface area contributed by atoms with Gasteiger partial charge < -0.3 is 9.80 Å². The first-order valence-electron chi connectivity index (χ1n) is 23.4. The Morgan fingerprint density at radius 2 is 0.848 bits per heavy atom. The van der Waals surface area contributed by atoms with E-state index < -0.39 is 0 Å². The molecule has 8 rings (SSSR count). The Kier molecular flexibility index (Phi) is 17.9. The van der Waals surface area contributed by atoms with E-state index in [-0.39, 0.29) is 0 Å². The molecule has 0 aromatic heterocycles. The minimum atomic E-state index is 0.534. The summed E-state index contributed by atoms with van der Waals surface area (Å²) in [5.41, 5.74) is 20.4. The normalized spacial score (nSPS) is 13.3. The van der Waals surface area contributed by atoms with E-state index >= 15 is 0 Å². The second-order valence-corrected chi connectivity index (χ2v) is 17.4. The Labute approximate surface area is 404 Å². The molecule has 0 bridgehead atoms. The summed E-state index contributed by atoms with van der Waals surface area (Å²) in [5.74, 6) is 0.534. The lowest BCUT2D eigenvalue weighted by atomic mass is 9.94. The summed E-state index contributed by atoms with van der Waals surface area (Å²) in [5, 5.41) is 0. The summed E-state index contributed by atoms with van der Waals surface area (Å²) in [6.07, 6.45) is 14.6. The summed E-state index contributed by atoms with van der Waals surface area (Å²) in [6, 6.07) is 59.8. The highest BCUT2D eigenvalue weighted by Gasteiger charge is 2.20. The molecule has 1 N–H and O–H groups in total. The van der Waals surface area contributed by atoms with Crippen molar-refractivity contribution in [2.45, 2.75) is 68.7 Å². The average Bonchev–Trinajstić information content (AvgIpc) is 3.34. The van der Waals surface area contributed by atoms with Gasteiger partial charge >= 0.3 is 0 Å². The van der Waals surface area contributed by atoms with Gasteiger partial charge in [0.1, 0.15) is 0 Å². The summed E-state index contributed by atoms with van der Waals surface area (Å²) in [7, 11) is 0. The Hall–Kier alpha value is -6.46. The van der Waals surface area contributed by atoms with Crippen molar-refractivity contribution in [3.05, 3.63) is 232 Å². The van der Waals surface area contributed by atoms with E-state index in [1.165, 1.54) is 72.6 Å². The highest BCUT2D eigenvalue weighted by atomic mass is 79.9. The van der Waals surface area contributed by atoms with E-state index in [9.17, 15) is 0 Å². The van der Waals surface area contributed by atoms with Gasteiger partial charge in [0.05, 0.1) is 0 Å². The second kappa shape index (κ2) is 24.2. The van der Waals surface area contributed by atoms with Gasteiger partial charge in [-0.3, -0.25) is 4.34 Å². The third-order valence-corrected chi connectivity index (χ3v) is 12.1. The molecule has 1 aliphatic carbocycles. The largest absolute Gasteiger partial charge is 0.311 e. The number of hydrogen-bond donors (Lipinski definition) is 1. The highest BCUT2D eigenvalue weighted by molar-refractivity contribution is 9.08. The van der Waals surface area contributed by atoms with Crippen LogP contribution in [0.4, 0.5) is 28.4 Å². The smallest absolute Gasteiger partial charge is 0.0490 e. The first kappa shape index (κ1) is 49.0. The number of aryl methyl sites for hydroxylation is 4. The topological polar surface area (TPSA) is 18.5 Å². The molecule has 1 atom stereocenters. The van der Waals surface area contributed by atoms with Crippen LogP contribution in [0.1, 0.15) is 85.5 Å². The quantitative estimate of drug-likeness (QED) is 0.0973. The van der Waals surface area contributed by atoms with Crippen LogP contribution >= 0.6 is 16.1 Å². The monoisotopic (exact) mass is 931 g/mol. The van der Waals surface area contributed by atoms with E-state index in [1.54, 1.807) is 0 Å². The molecule has 0 fully saturated rings. The molecule has 1 unspecified atom stereocenters. The zero-order valence-electron chi connectivity index (χ0n) is 40.3. The molecular formula is C62H66BrN3. The summed E-state index contributed by atoms with van der Waals surface area (Å²) in [4.78, 5) is 4.77. The number of rotatable bonds is 12. The molecule has 0 saturated carbocycles. The van der Waals surface area contributed by atoms with Crippen molar-refractivity contribution in [3.8, 4) is 11.1 Å². The van der Waals surface area contributed by atoms with Crippen LogP contribution in [0.25, 0.3) is 35.4 Å². The van der Waals surface area contributed by atoms with Gasteiger partial charge in [-0.05, 0) is 146 Å². The molecule has 7 aromatic carbocycles. The van der Waals surface area contributed by atoms with E-state index in [0.717, 1.165) is 35.7 Å². The van der Waals surface area contributed by atoms with Crippen molar-refractivity contribution >= 4 is 68.9 Å². The maximum absolute atomic E-state index is 3.00. The molecule has 0 heterocycles. The maximum Gasteiger partial charge on any atom is 0.0490 e. The molecule has 0 spiro atoms. The minimum absolute atomic E-state index is 0.534. The number of hydrogen-bond acceptors (Lipinski definition) is 3. The molecule has 0 aliphatic heterocycles. The Balaban J connectivity index is 0.00000114. The third-order valence-electron chi connectivity index (χ3n) is 11.6. The minimum Gasteiger partial charge on any atom is -0.311 e. The van der Waals surface area contributed by atoms with Crippen molar-refractivity contribution < 1.29 is 0 Å². The van der Waals surface area contributed by atoms with Gasteiger partial charge in [0.25, 0.3) is 0 Å². The Morgan fingerprint density at radius 1 is 0.500 bits per heavy atom. The Bertz CT molecular complexity index is 2720. The van der Waals surface area contributed by atoms with Gasteiger partial charge in [-0.25, -0.2) is 0 Å². The molecular weight excluding hydrogens is 867 g/mol. The molecule has 1 aliphatic rings. The lowest BCUT2D eigenvalue weighted by Crippen LogP contribution is -2.19. The van der Waals surface area contributed by atoms with Gasteiger partial charge in [0.2, 0.25) is 0 Å². The van der Waals surface area contributed by atoms with Gasteiger partial charge in [-0.15, -0.1) is 0 Å². The highest BCUT2D eigenvalue weighted by Crippen LogP contribution is 2.40. The number of benzene rings is 7. The lowest BCUT2D eigenvalue weighted by Gasteiger charge is -2.31. The molecule has 4 heteroatoms. The molecule has 7 aromatic rings. The first-order chi connectivity index (χ1) is 32.1. The second-order valence-electron chi connectivity index (χ2n) is 16.9. The van der Waals surface area contributed by atoms with Crippen molar-refractivity contribution in [1.29, 1.82) is 0 Å². The predicted octanol–water partition coefficient (Wildman–Crippen LogP) is 18.3. The number of halogens is 1. The van der Waals surface area contributed by atoms with Crippen LogP contribution in [0.2, 0.25) is 0 Å². The molecule has 3 nitrogen and oxygen atoms in total. The van der Waals surface area contributed by atoms with Crippen LogP contribution in [0.15, 0.2) is 187 Å². The van der Waals surface area contributed by atoms with E-state index in [1.807, 2.05) is 20.8 Å². The van der Waals surface area contributed by atoms with Crippen LogP contribution in [-0.4, -0.2) is 6.54 Å². The van der Waals surface area contributed by atoms with Gasteiger partial charge in [-0.2, -0.15) is 0 Å². The summed E-state index contributed by atoms with van der Waals surface area (Å²) in [6.45, 7) is 20.1. The SMILES string of the molecule is CC.CC1=CC(C)CC=C1N(c1ccc(/C=C/c2ccc(C)cc2)cc1)c1ccc(-c2ccc(N(c3ccc(/C=C/c4ccc(C)cc4)cc3)c3ccc(C)cc3C)cc2)cc1.CCNBr. The number of nitrogens with zero attached hydrogens (tertiary/aromatic N) is 2. The van der Waals surface area contributed by atoms with Crippen LogP contribution in [0.5, 0.6) is 0 Å². The molecule has 336 valence electrons. The van der Waals surface area contributed by atoms with Crippen molar-refractivity contribution in [2.75, 3.05) is 16.3 Å². The van der Waals surface area contributed by atoms with Crippen LogP contribution < -0.4 is 14.1 Å². The van der Waals surface area contributed by atoms with Gasteiger partial charge in [0, 0.05) is 56.8 Å².